The van der Waals surface area contributed by atoms with Crippen LogP contribution in [0.3, 0.4) is 0 Å². The van der Waals surface area contributed by atoms with Gasteiger partial charge in [-0.05, 0) is 30.2 Å². The van der Waals surface area contributed by atoms with Crippen molar-refractivity contribution in [2.24, 2.45) is 0 Å². The van der Waals surface area contributed by atoms with E-state index in [1.807, 2.05) is 6.92 Å². The van der Waals surface area contributed by atoms with E-state index < -0.39 is 6.04 Å². The lowest BCUT2D eigenvalue weighted by molar-refractivity contribution is -0.134. The minimum Gasteiger partial charge on any atom is -0.344 e. The molecule has 0 bridgehead atoms. The molecule has 0 spiro atoms. The summed E-state index contributed by atoms with van der Waals surface area (Å²) in [6, 6.07) is 4.10. The van der Waals surface area contributed by atoms with Crippen LogP contribution >= 0.6 is 15.9 Å². The van der Waals surface area contributed by atoms with E-state index in [1.54, 1.807) is 11.0 Å². The monoisotopic (exact) mass is 356 g/mol. The first-order valence-corrected chi connectivity index (χ1v) is 7.82. The molecule has 2 rings (SSSR count). The van der Waals surface area contributed by atoms with Crippen molar-refractivity contribution >= 4 is 27.7 Å². The van der Waals surface area contributed by atoms with Crippen LogP contribution in [0.1, 0.15) is 31.7 Å². The molecule has 6 heteroatoms. The van der Waals surface area contributed by atoms with Gasteiger partial charge in [0, 0.05) is 24.0 Å². The van der Waals surface area contributed by atoms with Crippen LogP contribution in [0.2, 0.25) is 0 Å². The summed E-state index contributed by atoms with van der Waals surface area (Å²) in [6.07, 6.45) is 1.71. The Labute approximate surface area is 131 Å². The Morgan fingerprint density at radius 3 is 2.81 bits per heavy atom. The van der Waals surface area contributed by atoms with Crippen LogP contribution < -0.4 is 5.32 Å². The third-order valence-corrected chi connectivity index (χ3v) is 3.88. The molecule has 1 saturated heterocycles. The lowest BCUT2D eigenvalue weighted by atomic mass is 10.1. The van der Waals surface area contributed by atoms with E-state index in [0.29, 0.717) is 29.5 Å². The van der Waals surface area contributed by atoms with Gasteiger partial charge in [0.2, 0.25) is 11.8 Å². The number of carbonyl (C=O) groups excluding carboxylic acids is 2. The van der Waals surface area contributed by atoms with Gasteiger partial charge < -0.3 is 10.2 Å². The molecule has 0 radical (unpaired) electrons. The van der Waals surface area contributed by atoms with Gasteiger partial charge in [-0.1, -0.05) is 29.3 Å². The third kappa shape index (κ3) is 4.27. The Bertz CT molecular complexity index is 530. The first-order chi connectivity index (χ1) is 9.99. The first-order valence-electron chi connectivity index (χ1n) is 7.02. The number of nitrogens with zero attached hydrogens (tertiary/aromatic N) is 1. The van der Waals surface area contributed by atoms with Gasteiger partial charge in [0.25, 0.3) is 0 Å². The topological polar surface area (TPSA) is 49.4 Å². The van der Waals surface area contributed by atoms with Crippen molar-refractivity contribution in [3.8, 4) is 0 Å². The van der Waals surface area contributed by atoms with Crippen LogP contribution in [0.15, 0.2) is 22.7 Å². The fraction of sp³-hybridized carbons (Fsp3) is 0.467. The lowest BCUT2D eigenvalue weighted by Gasteiger charge is -2.24. The van der Waals surface area contributed by atoms with E-state index in [1.165, 1.54) is 12.1 Å². The van der Waals surface area contributed by atoms with Crippen LogP contribution in [-0.4, -0.2) is 29.3 Å². The van der Waals surface area contributed by atoms with Gasteiger partial charge in [-0.2, -0.15) is 0 Å². The van der Waals surface area contributed by atoms with E-state index in [2.05, 4.69) is 21.2 Å². The van der Waals surface area contributed by atoms with Crippen LogP contribution in [0, 0.1) is 5.82 Å². The van der Waals surface area contributed by atoms with Crippen molar-refractivity contribution in [2.75, 3.05) is 6.54 Å². The summed E-state index contributed by atoms with van der Waals surface area (Å²) >= 11 is 3.24. The summed E-state index contributed by atoms with van der Waals surface area (Å²) < 4.78 is 14.1. The summed E-state index contributed by atoms with van der Waals surface area (Å²) in [5, 5.41) is 2.75. The molecule has 0 aliphatic carbocycles. The molecule has 1 N–H and O–H groups in total. The van der Waals surface area contributed by atoms with E-state index >= 15 is 0 Å². The first kappa shape index (κ1) is 15.9. The second-order valence-corrected chi connectivity index (χ2v) is 6.11. The number of halogens is 2. The summed E-state index contributed by atoms with van der Waals surface area (Å²) in [6.45, 7) is 2.64. The minimum atomic E-state index is -0.470. The van der Waals surface area contributed by atoms with Gasteiger partial charge in [0.15, 0.2) is 0 Å². The highest BCUT2D eigenvalue weighted by Gasteiger charge is 2.29. The fourth-order valence-corrected chi connectivity index (χ4v) is 2.97. The molecule has 1 aliphatic heterocycles. The smallest absolute Gasteiger partial charge is 0.245 e. The predicted octanol–water partition coefficient (Wildman–Crippen LogP) is 2.61. The van der Waals surface area contributed by atoms with E-state index in [-0.39, 0.29) is 24.1 Å². The zero-order valence-corrected chi connectivity index (χ0v) is 13.5. The van der Waals surface area contributed by atoms with Gasteiger partial charge in [0.1, 0.15) is 11.9 Å². The largest absolute Gasteiger partial charge is 0.344 e. The molecule has 1 atom stereocenters. The van der Waals surface area contributed by atoms with E-state index in [4.69, 9.17) is 0 Å². The number of carbonyl (C=O) groups is 2. The number of hydrogen-bond acceptors (Lipinski definition) is 2. The quantitative estimate of drug-likeness (QED) is 0.901. The van der Waals surface area contributed by atoms with E-state index in [0.717, 1.165) is 6.42 Å². The predicted molar refractivity (Wildman–Crippen MR) is 81.0 cm³/mol. The standard InChI is InChI=1S/C15H18BrFN2O2/c1-2-3-13-15(21)19(5-4-14(20)18-13)9-10-6-11(16)8-12(17)7-10/h6-8,13H,2-5,9H2,1H3,(H,18,20). The maximum Gasteiger partial charge on any atom is 0.245 e. The molecule has 1 unspecified atom stereocenters. The van der Waals surface area contributed by atoms with Gasteiger partial charge in [-0.25, -0.2) is 4.39 Å². The highest BCUT2D eigenvalue weighted by Crippen LogP contribution is 2.18. The molecule has 1 aromatic rings. The highest BCUT2D eigenvalue weighted by atomic mass is 79.9. The molecule has 21 heavy (non-hydrogen) atoms. The van der Waals surface area contributed by atoms with Crippen LogP contribution in [0.5, 0.6) is 0 Å². The average molecular weight is 357 g/mol. The molecule has 1 aliphatic rings. The van der Waals surface area contributed by atoms with Crippen molar-refractivity contribution < 1.29 is 14.0 Å². The Balaban J connectivity index is 2.16. The number of hydrogen-bond donors (Lipinski definition) is 1. The van der Waals surface area contributed by atoms with Gasteiger partial charge in [-0.15, -0.1) is 0 Å². The number of benzene rings is 1. The second-order valence-electron chi connectivity index (χ2n) is 5.20. The summed E-state index contributed by atoms with van der Waals surface area (Å²) in [4.78, 5) is 25.7. The Kier molecular flexibility index (Phi) is 5.33. The van der Waals surface area contributed by atoms with E-state index in [9.17, 15) is 14.0 Å². The zero-order valence-electron chi connectivity index (χ0n) is 11.9. The SMILES string of the molecule is CCCC1NC(=O)CCN(Cc2cc(F)cc(Br)c2)C1=O. The highest BCUT2D eigenvalue weighted by molar-refractivity contribution is 9.10. The molecule has 2 amide bonds. The molecule has 4 nitrogen and oxygen atoms in total. The average Bonchev–Trinajstić information content (AvgIpc) is 2.52. The maximum atomic E-state index is 13.4. The van der Waals surface area contributed by atoms with Crippen LogP contribution in [0.4, 0.5) is 4.39 Å². The zero-order chi connectivity index (χ0) is 15.4. The molecule has 114 valence electrons. The molecule has 1 heterocycles. The molecule has 0 saturated carbocycles. The molecule has 1 fully saturated rings. The van der Waals surface area contributed by atoms with Gasteiger partial charge in [-0.3, -0.25) is 9.59 Å². The lowest BCUT2D eigenvalue weighted by Crippen LogP contribution is -2.44. The van der Waals surface area contributed by atoms with Crippen molar-refractivity contribution in [1.29, 1.82) is 0 Å². The van der Waals surface area contributed by atoms with Crippen LogP contribution in [0.25, 0.3) is 0 Å². The fourth-order valence-electron chi connectivity index (χ4n) is 2.46. The normalized spacial score (nSPS) is 19.4. The van der Waals surface area contributed by atoms with Crippen molar-refractivity contribution in [3.05, 3.63) is 34.1 Å². The van der Waals surface area contributed by atoms with Gasteiger partial charge in [0.05, 0.1) is 0 Å². The summed E-state index contributed by atoms with van der Waals surface area (Å²) in [7, 11) is 0. The third-order valence-electron chi connectivity index (χ3n) is 3.43. The molecular weight excluding hydrogens is 339 g/mol. The van der Waals surface area contributed by atoms with Gasteiger partial charge >= 0.3 is 0 Å². The number of nitrogens with one attached hydrogen (secondary N) is 1. The minimum absolute atomic E-state index is 0.0944. The molecule has 1 aromatic carbocycles. The number of rotatable bonds is 4. The summed E-state index contributed by atoms with van der Waals surface area (Å²) in [5.74, 6) is -0.547. The van der Waals surface area contributed by atoms with Crippen molar-refractivity contribution in [1.82, 2.24) is 10.2 Å². The number of amides is 2. The van der Waals surface area contributed by atoms with Crippen molar-refractivity contribution in [3.63, 3.8) is 0 Å². The molecule has 0 aromatic heterocycles. The second kappa shape index (κ2) is 7.02. The Morgan fingerprint density at radius 2 is 2.14 bits per heavy atom. The van der Waals surface area contributed by atoms with Crippen molar-refractivity contribution in [2.45, 2.75) is 38.8 Å². The maximum absolute atomic E-state index is 13.4. The van der Waals surface area contributed by atoms with Crippen LogP contribution in [-0.2, 0) is 16.1 Å². The Hall–Kier alpha value is -1.43. The summed E-state index contributed by atoms with van der Waals surface area (Å²) in [5.41, 5.74) is 0.708. The molecular formula is C15H18BrFN2O2. The Morgan fingerprint density at radius 1 is 1.38 bits per heavy atom.